The molecule has 38 heavy (non-hydrogen) atoms. The Balaban J connectivity index is 1.54. The van der Waals surface area contributed by atoms with Gasteiger partial charge in [0, 0.05) is 36.1 Å². The quantitative estimate of drug-likeness (QED) is 0.254. The minimum absolute atomic E-state index is 0.0991. The Labute approximate surface area is 233 Å². The van der Waals surface area contributed by atoms with Crippen molar-refractivity contribution in [1.82, 2.24) is 0 Å². The van der Waals surface area contributed by atoms with Crippen molar-refractivity contribution in [1.29, 1.82) is 0 Å². The first-order valence-corrected chi connectivity index (χ1v) is 13.8. The summed E-state index contributed by atoms with van der Waals surface area (Å²) in [5, 5.41) is 12.1. The molecule has 0 radical (unpaired) electrons. The van der Waals surface area contributed by atoms with Gasteiger partial charge in [0.1, 0.15) is 0 Å². The molecule has 0 saturated heterocycles. The smallest absolute Gasteiger partial charge is 0.227 e. The van der Waals surface area contributed by atoms with Gasteiger partial charge in [-0.25, -0.2) is 0 Å². The van der Waals surface area contributed by atoms with Crippen LogP contribution in [0.15, 0.2) is 36.4 Å². The van der Waals surface area contributed by atoms with Crippen molar-refractivity contribution in [2.24, 2.45) is 11.8 Å². The molecule has 0 aliphatic heterocycles. The predicted molar refractivity (Wildman–Crippen MR) is 153 cm³/mol. The van der Waals surface area contributed by atoms with E-state index in [0.717, 1.165) is 12.8 Å². The van der Waals surface area contributed by atoms with Crippen molar-refractivity contribution >= 4 is 69.6 Å². The molecule has 4 N–H and O–H groups in total. The molecule has 2 aromatic carbocycles. The molecule has 8 nitrogen and oxygen atoms in total. The van der Waals surface area contributed by atoms with Crippen LogP contribution in [0.25, 0.3) is 0 Å². The molecule has 1 aliphatic carbocycles. The number of hydrogen-bond donors (Lipinski definition) is 4. The van der Waals surface area contributed by atoms with Crippen LogP contribution in [0.3, 0.4) is 0 Å². The largest absolute Gasteiger partial charge is 0.326 e. The number of anilines is 4. The van der Waals surface area contributed by atoms with Crippen molar-refractivity contribution in [3.05, 3.63) is 46.4 Å². The Kier molecular flexibility index (Phi) is 11.0. The lowest BCUT2D eigenvalue weighted by molar-refractivity contribution is -0.125. The molecule has 4 amide bonds. The number of hydrogen-bond acceptors (Lipinski definition) is 4. The standard InChI is InChI=1S/C28H34Cl2N4O4/c1-3-5-25(35)31-19-11-13-21(29)23(15-19)33-27(37)17-7-9-18(10-8-17)28(38)34-24-16-20(12-14-22(24)30)32-26(36)6-4-2/h11-18H,3-10H2,1-2H3,(H,31,35)(H,32,36)(H,33,37)(H,34,38). The Morgan fingerprint density at radius 1 is 0.658 bits per heavy atom. The van der Waals surface area contributed by atoms with E-state index in [2.05, 4.69) is 21.3 Å². The second-order valence-electron chi connectivity index (χ2n) is 9.51. The topological polar surface area (TPSA) is 116 Å². The summed E-state index contributed by atoms with van der Waals surface area (Å²) in [4.78, 5) is 49.6. The lowest BCUT2D eigenvalue weighted by Crippen LogP contribution is -2.32. The number of carbonyl (C=O) groups is 4. The lowest BCUT2D eigenvalue weighted by Gasteiger charge is -2.27. The normalized spacial score (nSPS) is 16.8. The van der Waals surface area contributed by atoms with Crippen molar-refractivity contribution in [2.45, 2.75) is 65.2 Å². The average molecular weight is 562 g/mol. The monoisotopic (exact) mass is 560 g/mol. The summed E-state index contributed by atoms with van der Waals surface area (Å²) in [5.41, 5.74) is 2.00. The molecule has 1 saturated carbocycles. The van der Waals surface area contributed by atoms with Gasteiger partial charge >= 0.3 is 0 Å². The van der Waals surface area contributed by atoms with Gasteiger partial charge in [0.05, 0.1) is 21.4 Å². The summed E-state index contributed by atoms with van der Waals surface area (Å²) in [5.74, 6) is -1.04. The molecule has 3 rings (SSSR count). The highest BCUT2D eigenvalue weighted by Crippen LogP contribution is 2.33. The Bertz CT molecular complexity index is 1090. The van der Waals surface area contributed by atoms with E-state index in [4.69, 9.17) is 23.2 Å². The number of rotatable bonds is 10. The summed E-state index contributed by atoms with van der Waals surface area (Å²) in [6.07, 6.45) is 4.50. The van der Waals surface area contributed by atoms with Gasteiger partial charge in [-0.2, -0.15) is 0 Å². The third-order valence-electron chi connectivity index (χ3n) is 6.44. The zero-order chi connectivity index (χ0) is 27.7. The van der Waals surface area contributed by atoms with Crippen LogP contribution in [0.5, 0.6) is 0 Å². The number of carbonyl (C=O) groups excluding carboxylic acids is 4. The third-order valence-corrected chi connectivity index (χ3v) is 7.10. The Morgan fingerprint density at radius 3 is 1.37 bits per heavy atom. The first kappa shape index (κ1) is 29.5. The van der Waals surface area contributed by atoms with Gasteiger partial charge in [0.25, 0.3) is 0 Å². The maximum atomic E-state index is 12.9. The van der Waals surface area contributed by atoms with Gasteiger partial charge < -0.3 is 21.3 Å². The van der Waals surface area contributed by atoms with Gasteiger partial charge in [-0.1, -0.05) is 37.0 Å². The van der Waals surface area contributed by atoms with E-state index in [0.29, 0.717) is 71.3 Å². The second-order valence-corrected chi connectivity index (χ2v) is 10.3. The second kappa shape index (κ2) is 14.2. The molecule has 204 valence electrons. The maximum absolute atomic E-state index is 12.9. The van der Waals surface area contributed by atoms with E-state index in [1.165, 1.54) is 0 Å². The predicted octanol–water partition coefficient (Wildman–Crippen LogP) is 6.85. The maximum Gasteiger partial charge on any atom is 0.227 e. The van der Waals surface area contributed by atoms with Gasteiger partial charge in [0.2, 0.25) is 23.6 Å². The van der Waals surface area contributed by atoms with Crippen molar-refractivity contribution in [3.8, 4) is 0 Å². The minimum Gasteiger partial charge on any atom is -0.326 e. The van der Waals surface area contributed by atoms with Crippen LogP contribution in [0, 0.1) is 11.8 Å². The van der Waals surface area contributed by atoms with E-state index in [1.807, 2.05) is 13.8 Å². The SMILES string of the molecule is CCCC(=O)Nc1ccc(Cl)c(NC(=O)C2CCC(C(=O)Nc3cc(NC(=O)CCC)ccc3Cl)CC2)c1. The van der Waals surface area contributed by atoms with Crippen molar-refractivity contribution in [2.75, 3.05) is 21.3 Å². The van der Waals surface area contributed by atoms with Crippen LogP contribution in [0.2, 0.25) is 10.0 Å². The van der Waals surface area contributed by atoms with E-state index < -0.39 is 0 Å². The van der Waals surface area contributed by atoms with E-state index in [1.54, 1.807) is 36.4 Å². The molecule has 10 heteroatoms. The van der Waals surface area contributed by atoms with Crippen LogP contribution in [-0.2, 0) is 19.2 Å². The molecule has 0 unspecified atom stereocenters. The number of benzene rings is 2. The van der Waals surface area contributed by atoms with Crippen LogP contribution in [0.4, 0.5) is 22.7 Å². The van der Waals surface area contributed by atoms with Crippen molar-refractivity contribution in [3.63, 3.8) is 0 Å². The first-order valence-electron chi connectivity index (χ1n) is 13.0. The lowest BCUT2D eigenvalue weighted by atomic mass is 9.81. The van der Waals surface area contributed by atoms with Crippen LogP contribution < -0.4 is 21.3 Å². The van der Waals surface area contributed by atoms with Crippen LogP contribution >= 0.6 is 23.2 Å². The zero-order valence-corrected chi connectivity index (χ0v) is 23.2. The molecule has 1 fully saturated rings. The average Bonchev–Trinajstić information content (AvgIpc) is 2.88. The molecule has 0 atom stereocenters. The number of amides is 4. The highest BCUT2D eigenvalue weighted by molar-refractivity contribution is 6.34. The molecule has 2 aromatic rings. The molecule has 0 spiro atoms. The van der Waals surface area contributed by atoms with E-state index in [-0.39, 0.29) is 35.5 Å². The van der Waals surface area contributed by atoms with Crippen LogP contribution in [0.1, 0.15) is 65.2 Å². The number of halogens is 2. The highest BCUT2D eigenvalue weighted by Gasteiger charge is 2.30. The first-order chi connectivity index (χ1) is 18.2. The van der Waals surface area contributed by atoms with Gasteiger partial charge in [-0.15, -0.1) is 0 Å². The Hall–Kier alpha value is -3.10. The fourth-order valence-electron chi connectivity index (χ4n) is 4.39. The molecule has 0 bridgehead atoms. The number of nitrogens with one attached hydrogen (secondary N) is 4. The Morgan fingerprint density at radius 2 is 1.03 bits per heavy atom. The van der Waals surface area contributed by atoms with Gasteiger partial charge in [0.15, 0.2) is 0 Å². The van der Waals surface area contributed by atoms with Crippen LogP contribution in [-0.4, -0.2) is 23.6 Å². The van der Waals surface area contributed by atoms with E-state index >= 15 is 0 Å². The minimum atomic E-state index is -0.255. The summed E-state index contributed by atoms with van der Waals surface area (Å²) < 4.78 is 0. The van der Waals surface area contributed by atoms with E-state index in [9.17, 15) is 19.2 Å². The molecular weight excluding hydrogens is 527 g/mol. The fourth-order valence-corrected chi connectivity index (χ4v) is 4.72. The summed E-state index contributed by atoms with van der Waals surface area (Å²) >= 11 is 12.5. The summed E-state index contributed by atoms with van der Waals surface area (Å²) in [6, 6.07) is 9.95. The zero-order valence-electron chi connectivity index (χ0n) is 21.7. The molecule has 0 heterocycles. The fraction of sp³-hybridized carbons (Fsp3) is 0.429. The van der Waals surface area contributed by atoms with Crippen molar-refractivity contribution < 1.29 is 19.2 Å². The molecule has 0 aromatic heterocycles. The van der Waals surface area contributed by atoms with Gasteiger partial charge in [-0.3, -0.25) is 19.2 Å². The third kappa shape index (κ3) is 8.46. The van der Waals surface area contributed by atoms with Gasteiger partial charge in [-0.05, 0) is 74.9 Å². The molecular formula is C28H34Cl2N4O4. The summed E-state index contributed by atoms with van der Waals surface area (Å²) in [7, 11) is 0. The molecule has 1 aliphatic rings. The highest BCUT2D eigenvalue weighted by atomic mass is 35.5. The summed E-state index contributed by atoms with van der Waals surface area (Å²) in [6.45, 7) is 3.85.